The van der Waals surface area contributed by atoms with E-state index >= 15 is 0 Å². The van der Waals surface area contributed by atoms with E-state index in [2.05, 4.69) is 20.9 Å². The van der Waals surface area contributed by atoms with E-state index in [1.54, 1.807) is 5.38 Å². The lowest BCUT2D eigenvalue weighted by atomic mass is 10.0. The van der Waals surface area contributed by atoms with Gasteiger partial charge in [-0.2, -0.15) is 0 Å². The Labute approximate surface area is 177 Å². The summed E-state index contributed by atoms with van der Waals surface area (Å²) in [5, 5.41) is 9.21. The van der Waals surface area contributed by atoms with Crippen LogP contribution in [0.1, 0.15) is 36.6 Å². The highest BCUT2D eigenvalue weighted by Gasteiger charge is 2.32. The van der Waals surface area contributed by atoms with E-state index in [0.29, 0.717) is 31.5 Å². The van der Waals surface area contributed by atoms with Gasteiger partial charge in [-0.25, -0.2) is 9.78 Å². The smallest absolute Gasteiger partial charge is 0.408 e. The lowest BCUT2D eigenvalue weighted by Gasteiger charge is -2.23. The fourth-order valence-electron chi connectivity index (χ4n) is 2.97. The van der Waals surface area contributed by atoms with Gasteiger partial charge in [0, 0.05) is 11.9 Å². The summed E-state index contributed by atoms with van der Waals surface area (Å²) in [6.45, 7) is 0.473. The summed E-state index contributed by atoms with van der Waals surface area (Å²) in [6, 6.07) is 7.01. The van der Waals surface area contributed by atoms with Crippen LogP contribution in [0.3, 0.4) is 0 Å². The van der Waals surface area contributed by atoms with Crippen LogP contribution < -0.4 is 16.0 Å². The molecule has 3 N–H and O–H groups in total. The van der Waals surface area contributed by atoms with E-state index in [1.165, 1.54) is 16.8 Å². The summed E-state index contributed by atoms with van der Waals surface area (Å²) in [4.78, 5) is 53.3. The molecule has 2 heterocycles. The van der Waals surface area contributed by atoms with Crippen LogP contribution in [0.4, 0.5) is 4.79 Å². The number of nitrogens with one attached hydrogen (secondary N) is 3. The predicted octanol–water partition coefficient (Wildman–Crippen LogP) is 1.46. The molecule has 0 aliphatic carbocycles. The number of hydrogen-bond donors (Lipinski definition) is 3. The Hall–Kier alpha value is -3.27. The number of carbonyl (C=O) groups is 4. The Kier molecular flexibility index (Phi) is 7.50. The normalized spacial score (nSPS) is 17.8. The minimum atomic E-state index is -1.15. The second-order valence-corrected chi connectivity index (χ2v) is 7.45. The van der Waals surface area contributed by atoms with Crippen LogP contribution in [0.25, 0.3) is 0 Å². The molecule has 2 aromatic rings. The maximum atomic E-state index is 12.9. The number of rotatable bonds is 6. The van der Waals surface area contributed by atoms with Crippen LogP contribution >= 0.6 is 11.3 Å². The van der Waals surface area contributed by atoms with Gasteiger partial charge in [-0.05, 0) is 24.8 Å². The molecule has 10 heteroatoms. The number of carbonyl (C=O) groups excluding carboxylic acids is 4. The van der Waals surface area contributed by atoms with Gasteiger partial charge in [-0.1, -0.05) is 30.3 Å². The molecule has 1 aliphatic rings. The third-order valence-electron chi connectivity index (χ3n) is 4.55. The maximum Gasteiger partial charge on any atom is 0.408 e. The molecule has 1 saturated heterocycles. The number of Topliss-reactive ketones (excluding diaryl/α,β-unsaturated/α-hetero) is 1. The molecule has 0 saturated carbocycles. The SMILES string of the molecule is O=C(NC(C(=O)NC1CCCCNC(=O)C1=O)c1cscn1)OCc1ccccc1. The van der Waals surface area contributed by atoms with Gasteiger partial charge >= 0.3 is 6.09 Å². The zero-order chi connectivity index (χ0) is 21.3. The molecule has 30 heavy (non-hydrogen) atoms. The van der Waals surface area contributed by atoms with Crippen LogP contribution in [-0.2, 0) is 25.7 Å². The van der Waals surface area contributed by atoms with Gasteiger partial charge < -0.3 is 20.7 Å². The average Bonchev–Trinajstić information content (AvgIpc) is 3.28. The summed E-state index contributed by atoms with van der Waals surface area (Å²) < 4.78 is 5.19. The molecule has 3 amide bonds. The summed E-state index contributed by atoms with van der Waals surface area (Å²) in [5.74, 6) is -2.06. The number of nitrogens with zero attached hydrogens (tertiary/aromatic N) is 1. The lowest BCUT2D eigenvalue weighted by Crippen LogP contribution is -2.51. The standard InChI is InChI=1S/C20H22N4O5S/c25-17-14(8-4-5-9-21-19(17)27)23-18(26)16(15-11-30-12-22-15)24-20(28)29-10-13-6-2-1-3-7-13/h1-3,6-7,11-12,14,16H,4-5,8-10H2,(H,21,27)(H,23,26)(H,24,28). The molecule has 1 aromatic heterocycles. The van der Waals surface area contributed by atoms with E-state index in [1.807, 2.05) is 30.3 Å². The number of ether oxygens (including phenoxy) is 1. The maximum absolute atomic E-state index is 12.9. The number of benzene rings is 1. The van der Waals surface area contributed by atoms with Crippen molar-refractivity contribution in [2.75, 3.05) is 6.54 Å². The third-order valence-corrected chi connectivity index (χ3v) is 5.15. The zero-order valence-corrected chi connectivity index (χ0v) is 16.9. The highest BCUT2D eigenvalue weighted by molar-refractivity contribution is 7.07. The van der Waals surface area contributed by atoms with Crippen molar-refractivity contribution < 1.29 is 23.9 Å². The second-order valence-electron chi connectivity index (χ2n) is 6.73. The largest absolute Gasteiger partial charge is 0.445 e. The number of hydrogen-bond acceptors (Lipinski definition) is 7. The first-order valence-electron chi connectivity index (χ1n) is 9.52. The number of amides is 3. The molecular weight excluding hydrogens is 408 g/mol. The van der Waals surface area contributed by atoms with Gasteiger partial charge in [0.05, 0.1) is 17.2 Å². The first kappa shape index (κ1) is 21.4. The number of aromatic nitrogens is 1. The molecule has 1 aromatic carbocycles. The molecule has 1 fully saturated rings. The molecule has 9 nitrogen and oxygen atoms in total. The van der Waals surface area contributed by atoms with Gasteiger partial charge in [-0.3, -0.25) is 14.4 Å². The predicted molar refractivity (Wildman–Crippen MR) is 108 cm³/mol. The van der Waals surface area contributed by atoms with E-state index in [4.69, 9.17) is 4.74 Å². The van der Waals surface area contributed by atoms with Crippen molar-refractivity contribution in [3.05, 3.63) is 52.5 Å². The molecule has 1 aliphatic heterocycles. The molecular formula is C20H22N4O5S. The van der Waals surface area contributed by atoms with Crippen LogP contribution in [0, 0.1) is 0 Å². The lowest BCUT2D eigenvalue weighted by molar-refractivity contribution is -0.140. The Balaban J connectivity index is 1.65. The molecule has 3 rings (SSSR count). The van der Waals surface area contributed by atoms with Gasteiger partial charge in [0.25, 0.3) is 5.91 Å². The van der Waals surface area contributed by atoms with Crippen molar-refractivity contribution in [1.82, 2.24) is 20.9 Å². The summed E-state index contributed by atoms with van der Waals surface area (Å²) >= 11 is 1.26. The molecule has 2 unspecified atom stereocenters. The van der Waals surface area contributed by atoms with Crippen molar-refractivity contribution >= 4 is 35.0 Å². The monoisotopic (exact) mass is 430 g/mol. The average molecular weight is 430 g/mol. The molecule has 0 bridgehead atoms. The minimum Gasteiger partial charge on any atom is -0.445 e. The van der Waals surface area contributed by atoms with Gasteiger partial charge in [-0.15, -0.1) is 11.3 Å². The second kappa shape index (κ2) is 10.5. The Bertz CT molecular complexity index is 888. The first-order chi connectivity index (χ1) is 14.5. The number of thiazole rings is 1. The Morgan fingerprint density at radius 1 is 1.23 bits per heavy atom. The zero-order valence-electron chi connectivity index (χ0n) is 16.1. The van der Waals surface area contributed by atoms with E-state index in [9.17, 15) is 19.2 Å². The molecule has 158 valence electrons. The first-order valence-corrected chi connectivity index (χ1v) is 10.5. The topological polar surface area (TPSA) is 126 Å². The van der Waals surface area contributed by atoms with Crippen LogP contribution in [-0.4, -0.2) is 41.3 Å². The summed E-state index contributed by atoms with van der Waals surface area (Å²) in [5.41, 5.74) is 2.64. The van der Waals surface area contributed by atoms with Crippen molar-refractivity contribution in [2.45, 2.75) is 38.0 Å². The van der Waals surface area contributed by atoms with Gasteiger partial charge in [0.1, 0.15) is 6.61 Å². The van der Waals surface area contributed by atoms with E-state index in [-0.39, 0.29) is 6.61 Å². The van der Waals surface area contributed by atoms with Crippen LogP contribution in [0.2, 0.25) is 0 Å². The van der Waals surface area contributed by atoms with E-state index < -0.39 is 35.8 Å². The molecule has 2 atom stereocenters. The van der Waals surface area contributed by atoms with Gasteiger partial charge in [0.15, 0.2) is 6.04 Å². The minimum absolute atomic E-state index is 0.0410. The number of ketones is 1. The highest BCUT2D eigenvalue weighted by atomic mass is 32.1. The van der Waals surface area contributed by atoms with Crippen molar-refractivity contribution in [3.8, 4) is 0 Å². The highest BCUT2D eigenvalue weighted by Crippen LogP contribution is 2.15. The fraction of sp³-hybridized carbons (Fsp3) is 0.350. The van der Waals surface area contributed by atoms with Crippen molar-refractivity contribution in [1.29, 1.82) is 0 Å². The van der Waals surface area contributed by atoms with Crippen molar-refractivity contribution in [2.24, 2.45) is 0 Å². The summed E-state index contributed by atoms with van der Waals surface area (Å²) in [7, 11) is 0. The molecule has 0 spiro atoms. The van der Waals surface area contributed by atoms with Crippen molar-refractivity contribution in [3.63, 3.8) is 0 Å². The quantitative estimate of drug-likeness (QED) is 0.596. The number of alkyl carbamates (subject to hydrolysis) is 1. The Morgan fingerprint density at radius 2 is 2.03 bits per heavy atom. The molecule has 0 radical (unpaired) electrons. The summed E-state index contributed by atoms with van der Waals surface area (Å²) in [6.07, 6.45) is 0.935. The van der Waals surface area contributed by atoms with Crippen LogP contribution in [0.5, 0.6) is 0 Å². The third kappa shape index (κ3) is 5.86. The Morgan fingerprint density at radius 3 is 2.77 bits per heavy atom. The van der Waals surface area contributed by atoms with E-state index in [0.717, 1.165) is 5.56 Å². The fourth-order valence-corrected chi connectivity index (χ4v) is 3.55. The van der Waals surface area contributed by atoms with Crippen LogP contribution in [0.15, 0.2) is 41.2 Å². The van der Waals surface area contributed by atoms with Gasteiger partial charge in [0.2, 0.25) is 11.7 Å².